The summed E-state index contributed by atoms with van der Waals surface area (Å²) in [5, 5.41) is 18.7. The van der Waals surface area contributed by atoms with Gasteiger partial charge in [-0.1, -0.05) is 19.4 Å². The second-order valence-corrected chi connectivity index (χ2v) is 4.18. The topological polar surface area (TPSA) is 76.0 Å². The van der Waals surface area contributed by atoms with Crippen molar-refractivity contribution in [3.63, 3.8) is 0 Å². The molecule has 5 nitrogen and oxygen atoms in total. The standard InChI is InChI=1S/C15H20O5/c1-3-5-8-20-13-9-11(6-7-12(13)16)10-14(15(17)18)19-4-2/h6-7,9-10,16H,3-5,8H2,1-2H3,(H,17,18)/b14-10+. The smallest absolute Gasteiger partial charge is 0.371 e. The van der Waals surface area contributed by atoms with Crippen molar-refractivity contribution in [2.75, 3.05) is 13.2 Å². The zero-order valence-electron chi connectivity index (χ0n) is 11.8. The maximum Gasteiger partial charge on any atom is 0.371 e. The van der Waals surface area contributed by atoms with Crippen LogP contribution in [0.1, 0.15) is 32.3 Å². The first-order chi connectivity index (χ1) is 9.58. The van der Waals surface area contributed by atoms with E-state index in [0.29, 0.717) is 17.9 Å². The molecule has 0 atom stereocenters. The van der Waals surface area contributed by atoms with Gasteiger partial charge < -0.3 is 19.7 Å². The van der Waals surface area contributed by atoms with Gasteiger partial charge in [-0.3, -0.25) is 0 Å². The van der Waals surface area contributed by atoms with Crippen LogP contribution in [-0.2, 0) is 9.53 Å². The lowest BCUT2D eigenvalue weighted by atomic mass is 10.1. The number of hydrogen-bond donors (Lipinski definition) is 2. The third kappa shape index (κ3) is 4.84. The largest absolute Gasteiger partial charge is 0.504 e. The van der Waals surface area contributed by atoms with E-state index in [1.807, 2.05) is 6.92 Å². The summed E-state index contributed by atoms with van der Waals surface area (Å²) in [6.45, 7) is 4.54. The number of carbonyl (C=O) groups is 1. The summed E-state index contributed by atoms with van der Waals surface area (Å²) in [5.74, 6) is -0.897. The summed E-state index contributed by atoms with van der Waals surface area (Å²) in [5.41, 5.74) is 0.597. The van der Waals surface area contributed by atoms with Crippen molar-refractivity contribution in [3.8, 4) is 11.5 Å². The molecule has 0 aliphatic heterocycles. The van der Waals surface area contributed by atoms with Gasteiger partial charge in [-0.05, 0) is 37.1 Å². The highest BCUT2D eigenvalue weighted by Crippen LogP contribution is 2.28. The molecule has 0 amide bonds. The fourth-order valence-electron chi connectivity index (χ4n) is 1.53. The molecule has 0 aromatic heterocycles. The van der Waals surface area contributed by atoms with Crippen molar-refractivity contribution in [2.24, 2.45) is 0 Å². The summed E-state index contributed by atoms with van der Waals surface area (Å²) >= 11 is 0. The normalized spacial score (nSPS) is 11.2. The average molecular weight is 280 g/mol. The number of aliphatic carboxylic acids is 1. The Bertz CT molecular complexity index is 479. The minimum Gasteiger partial charge on any atom is -0.504 e. The number of rotatable bonds is 8. The highest BCUT2D eigenvalue weighted by atomic mass is 16.5. The first-order valence-electron chi connectivity index (χ1n) is 6.62. The van der Waals surface area contributed by atoms with Gasteiger partial charge >= 0.3 is 5.97 Å². The summed E-state index contributed by atoms with van der Waals surface area (Å²) in [7, 11) is 0. The lowest BCUT2D eigenvalue weighted by Gasteiger charge is -2.09. The van der Waals surface area contributed by atoms with Crippen molar-refractivity contribution in [2.45, 2.75) is 26.7 Å². The Balaban J connectivity index is 2.92. The van der Waals surface area contributed by atoms with E-state index >= 15 is 0 Å². The van der Waals surface area contributed by atoms with Crippen LogP contribution in [0.25, 0.3) is 6.08 Å². The average Bonchev–Trinajstić information content (AvgIpc) is 2.41. The van der Waals surface area contributed by atoms with Crippen LogP contribution in [0.5, 0.6) is 11.5 Å². The maximum absolute atomic E-state index is 11.0. The molecule has 1 aromatic rings. The number of hydrogen-bond acceptors (Lipinski definition) is 4. The molecule has 0 saturated heterocycles. The maximum atomic E-state index is 11.0. The second kappa shape index (κ2) is 8.09. The molecule has 1 aromatic carbocycles. The number of phenolic OH excluding ortho intramolecular Hbond substituents is 1. The van der Waals surface area contributed by atoms with Gasteiger partial charge in [0, 0.05) is 0 Å². The molecule has 0 spiro atoms. The first kappa shape index (κ1) is 15.9. The van der Waals surface area contributed by atoms with Crippen molar-refractivity contribution in [1.82, 2.24) is 0 Å². The second-order valence-electron chi connectivity index (χ2n) is 4.18. The predicted molar refractivity (Wildman–Crippen MR) is 75.7 cm³/mol. The van der Waals surface area contributed by atoms with Crippen LogP contribution < -0.4 is 4.74 Å². The van der Waals surface area contributed by atoms with E-state index in [-0.39, 0.29) is 18.1 Å². The third-order valence-electron chi connectivity index (χ3n) is 2.55. The fourth-order valence-corrected chi connectivity index (χ4v) is 1.53. The van der Waals surface area contributed by atoms with E-state index < -0.39 is 5.97 Å². The molecule has 2 N–H and O–H groups in total. The third-order valence-corrected chi connectivity index (χ3v) is 2.55. The molecule has 0 fully saturated rings. The molecule has 0 bridgehead atoms. The van der Waals surface area contributed by atoms with E-state index in [9.17, 15) is 9.90 Å². The van der Waals surface area contributed by atoms with Crippen LogP contribution >= 0.6 is 0 Å². The van der Waals surface area contributed by atoms with Crippen LogP contribution in [0.15, 0.2) is 24.0 Å². The van der Waals surface area contributed by atoms with Crippen molar-refractivity contribution in [3.05, 3.63) is 29.5 Å². The summed E-state index contributed by atoms with van der Waals surface area (Å²) < 4.78 is 10.5. The predicted octanol–water partition coefficient (Wildman–Crippen LogP) is 3.03. The molecule has 110 valence electrons. The van der Waals surface area contributed by atoms with Gasteiger partial charge in [-0.2, -0.15) is 0 Å². The Morgan fingerprint density at radius 2 is 2.10 bits per heavy atom. The van der Waals surface area contributed by atoms with Crippen molar-refractivity contribution < 1.29 is 24.5 Å². The Hall–Kier alpha value is -2.17. The first-order valence-corrected chi connectivity index (χ1v) is 6.62. The molecule has 0 unspecified atom stereocenters. The Labute approximate surface area is 118 Å². The summed E-state index contributed by atoms with van der Waals surface area (Å²) in [4.78, 5) is 11.0. The summed E-state index contributed by atoms with van der Waals surface area (Å²) in [6.07, 6.45) is 3.28. The lowest BCUT2D eigenvalue weighted by molar-refractivity contribution is -0.136. The Kier molecular flexibility index (Phi) is 6.43. The van der Waals surface area contributed by atoms with E-state index in [1.54, 1.807) is 19.1 Å². The van der Waals surface area contributed by atoms with Gasteiger partial charge in [0.05, 0.1) is 13.2 Å². The molecule has 1 rings (SSSR count). The van der Waals surface area contributed by atoms with E-state index in [4.69, 9.17) is 14.6 Å². The van der Waals surface area contributed by atoms with E-state index in [0.717, 1.165) is 12.8 Å². The number of benzene rings is 1. The minimum atomic E-state index is -1.13. The fraction of sp³-hybridized carbons (Fsp3) is 0.400. The van der Waals surface area contributed by atoms with Gasteiger partial charge in [0.15, 0.2) is 11.5 Å². The van der Waals surface area contributed by atoms with Gasteiger partial charge in [-0.25, -0.2) is 4.79 Å². The zero-order valence-corrected chi connectivity index (χ0v) is 11.8. The van der Waals surface area contributed by atoms with Crippen LogP contribution in [-0.4, -0.2) is 29.4 Å². The van der Waals surface area contributed by atoms with Gasteiger partial charge in [0.1, 0.15) is 0 Å². The van der Waals surface area contributed by atoms with Gasteiger partial charge in [0.25, 0.3) is 0 Å². The quantitative estimate of drug-likeness (QED) is 0.435. The number of carboxylic acids is 1. The molecule has 0 radical (unpaired) electrons. The van der Waals surface area contributed by atoms with Crippen LogP contribution in [0.2, 0.25) is 0 Å². The van der Waals surface area contributed by atoms with Gasteiger partial charge in [-0.15, -0.1) is 0 Å². The molecular weight excluding hydrogens is 260 g/mol. The number of ether oxygens (including phenoxy) is 2. The molecule has 5 heteroatoms. The van der Waals surface area contributed by atoms with Crippen molar-refractivity contribution in [1.29, 1.82) is 0 Å². The number of unbranched alkanes of at least 4 members (excludes halogenated alkanes) is 1. The van der Waals surface area contributed by atoms with Crippen molar-refractivity contribution >= 4 is 12.0 Å². The highest BCUT2D eigenvalue weighted by Gasteiger charge is 2.09. The molecular formula is C15H20O5. The molecule has 0 saturated carbocycles. The van der Waals surface area contributed by atoms with Crippen LogP contribution in [0.3, 0.4) is 0 Å². The Morgan fingerprint density at radius 3 is 2.70 bits per heavy atom. The highest BCUT2D eigenvalue weighted by molar-refractivity contribution is 5.90. The number of aromatic hydroxyl groups is 1. The lowest BCUT2D eigenvalue weighted by Crippen LogP contribution is -2.04. The molecule has 0 aliphatic rings. The molecule has 20 heavy (non-hydrogen) atoms. The minimum absolute atomic E-state index is 0.0338. The number of carboxylic acid groups (broad SMARTS) is 1. The Morgan fingerprint density at radius 1 is 1.35 bits per heavy atom. The monoisotopic (exact) mass is 280 g/mol. The van der Waals surface area contributed by atoms with Gasteiger partial charge in [0.2, 0.25) is 5.76 Å². The van der Waals surface area contributed by atoms with Crippen LogP contribution in [0, 0.1) is 0 Å². The SMILES string of the molecule is CCCCOc1cc(/C=C(/OCC)C(=O)O)ccc1O. The van der Waals surface area contributed by atoms with E-state index in [2.05, 4.69) is 0 Å². The molecule has 0 heterocycles. The number of phenols is 1. The van der Waals surface area contributed by atoms with Crippen LogP contribution in [0.4, 0.5) is 0 Å². The summed E-state index contributed by atoms with van der Waals surface area (Å²) in [6, 6.07) is 4.66. The molecule has 0 aliphatic carbocycles. The zero-order chi connectivity index (χ0) is 15.0. The van der Waals surface area contributed by atoms with E-state index in [1.165, 1.54) is 12.1 Å².